The zero-order valence-electron chi connectivity index (χ0n) is 11.3. The van der Waals surface area contributed by atoms with Gasteiger partial charge < -0.3 is 5.73 Å². The van der Waals surface area contributed by atoms with Crippen molar-refractivity contribution in [2.45, 2.75) is 11.8 Å². The lowest BCUT2D eigenvalue weighted by Gasteiger charge is -2.23. The number of anilines is 2. The van der Waals surface area contributed by atoms with Crippen molar-refractivity contribution < 1.29 is 17.2 Å². The molecule has 0 aliphatic rings. The van der Waals surface area contributed by atoms with E-state index in [0.717, 1.165) is 16.4 Å². The van der Waals surface area contributed by atoms with E-state index in [-0.39, 0.29) is 17.9 Å². The first-order valence-electron chi connectivity index (χ1n) is 6.20. The summed E-state index contributed by atoms with van der Waals surface area (Å²) in [7, 11) is -4.22. The van der Waals surface area contributed by atoms with Gasteiger partial charge in [0.1, 0.15) is 16.5 Å². The van der Waals surface area contributed by atoms with E-state index in [9.17, 15) is 17.2 Å². The molecular formula is C14H14F2N2O2S. The molecule has 0 fully saturated rings. The van der Waals surface area contributed by atoms with Crippen LogP contribution in [0.25, 0.3) is 0 Å². The number of benzene rings is 2. The van der Waals surface area contributed by atoms with Gasteiger partial charge in [0, 0.05) is 6.54 Å². The Labute approximate surface area is 121 Å². The third-order valence-electron chi connectivity index (χ3n) is 2.93. The van der Waals surface area contributed by atoms with Gasteiger partial charge in [-0.2, -0.15) is 0 Å². The molecule has 4 nitrogen and oxygen atoms in total. The Balaban J connectivity index is 2.61. The summed E-state index contributed by atoms with van der Waals surface area (Å²) in [5.74, 6) is -1.52. The molecule has 7 heteroatoms. The molecule has 0 aliphatic heterocycles. The average Bonchev–Trinajstić information content (AvgIpc) is 2.38. The molecule has 0 bridgehead atoms. The number of nitrogens with zero attached hydrogens (tertiary/aromatic N) is 1. The number of rotatable bonds is 4. The topological polar surface area (TPSA) is 63.4 Å². The maximum absolute atomic E-state index is 13.9. The molecule has 21 heavy (non-hydrogen) atoms. The summed E-state index contributed by atoms with van der Waals surface area (Å²) in [4.78, 5) is -0.601. The highest BCUT2D eigenvalue weighted by molar-refractivity contribution is 7.93. The molecule has 0 saturated carbocycles. The summed E-state index contributed by atoms with van der Waals surface area (Å²) < 4.78 is 53.3. The number of nitrogens with two attached hydrogens (primary N) is 1. The summed E-state index contributed by atoms with van der Waals surface area (Å²) in [6, 6.07) is 8.72. The quantitative estimate of drug-likeness (QED) is 0.883. The molecule has 0 heterocycles. The number of sulfonamides is 1. The van der Waals surface area contributed by atoms with Crippen molar-refractivity contribution in [3.63, 3.8) is 0 Å². The van der Waals surface area contributed by atoms with Gasteiger partial charge in [0.25, 0.3) is 10.0 Å². The summed E-state index contributed by atoms with van der Waals surface area (Å²) in [5, 5.41) is 0. The zero-order chi connectivity index (χ0) is 15.6. The molecule has 112 valence electrons. The third kappa shape index (κ3) is 2.82. The van der Waals surface area contributed by atoms with Crippen molar-refractivity contribution in [3.05, 3.63) is 54.1 Å². The van der Waals surface area contributed by atoms with Gasteiger partial charge in [-0.3, -0.25) is 4.31 Å². The maximum Gasteiger partial charge on any atom is 0.269 e. The SMILES string of the molecule is CCN(c1cccc(F)c1)S(=O)(=O)c1c(N)cccc1F. The third-order valence-corrected chi connectivity index (χ3v) is 4.92. The minimum atomic E-state index is -4.22. The Bertz CT molecular complexity index is 743. The molecular weight excluding hydrogens is 298 g/mol. The van der Waals surface area contributed by atoms with E-state index in [4.69, 9.17) is 5.73 Å². The molecule has 0 unspecified atom stereocenters. The van der Waals surface area contributed by atoms with E-state index in [1.165, 1.54) is 30.3 Å². The lowest BCUT2D eigenvalue weighted by Crippen LogP contribution is -2.32. The van der Waals surface area contributed by atoms with Crippen molar-refractivity contribution in [1.82, 2.24) is 0 Å². The van der Waals surface area contributed by atoms with Crippen LogP contribution in [0.2, 0.25) is 0 Å². The van der Waals surface area contributed by atoms with E-state index in [1.54, 1.807) is 6.92 Å². The molecule has 0 saturated heterocycles. The molecule has 2 aromatic carbocycles. The van der Waals surface area contributed by atoms with Gasteiger partial charge in [-0.15, -0.1) is 0 Å². The van der Waals surface area contributed by atoms with Gasteiger partial charge in [-0.25, -0.2) is 17.2 Å². The molecule has 0 amide bonds. The summed E-state index contributed by atoms with van der Waals surface area (Å²) in [6.45, 7) is 1.58. The highest BCUT2D eigenvalue weighted by atomic mass is 32.2. The number of nitrogen functional groups attached to an aromatic ring is 1. The zero-order valence-corrected chi connectivity index (χ0v) is 12.1. The predicted octanol–water partition coefficient (Wildman–Crippen LogP) is 2.76. The molecule has 2 rings (SSSR count). The Kier molecular flexibility index (Phi) is 4.13. The minimum absolute atomic E-state index is 0.0135. The first kappa shape index (κ1) is 15.2. The normalized spacial score (nSPS) is 11.4. The van der Waals surface area contributed by atoms with Gasteiger partial charge >= 0.3 is 0 Å². The summed E-state index contributed by atoms with van der Waals surface area (Å²) >= 11 is 0. The van der Waals surface area contributed by atoms with Crippen LogP contribution in [-0.4, -0.2) is 15.0 Å². The molecule has 0 atom stereocenters. The van der Waals surface area contributed by atoms with Crippen LogP contribution in [0.1, 0.15) is 6.92 Å². The Morgan fingerprint density at radius 3 is 2.38 bits per heavy atom. The van der Waals surface area contributed by atoms with E-state index in [0.29, 0.717) is 0 Å². The van der Waals surface area contributed by atoms with Gasteiger partial charge in [-0.1, -0.05) is 12.1 Å². The largest absolute Gasteiger partial charge is 0.398 e. The fourth-order valence-corrected chi connectivity index (χ4v) is 3.66. The fourth-order valence-electron chi connectivity index (χ4n) is 2.03. The first-order valence-corrected chi connectivity index (χ1v) is 7.64. The van der Waals surface area contributed by atoms with Crippen LogP contribution in [0.15, 0.2) is 47.4 Å². The minimum Gasteiger partial charge on any atom is -0.398 e. The first-order chi connectivity index (χ1) is 9.87. The van der Waals surface area contributed by atoms with E-state index in [2.05, 4.69) is 0 Å². The van der Waals surface area contributed by atoms with E-state index in [1.807, 2.05) is 0 Å². The second-order valence-electron chi connectivity index (χ2n) is 4.31. The summed E-state index contributed by atoms with van der Waals surface area (Å²) in [6.07, 6.45) is 0. The Morgan fingerprint density at radius 2 is 1.81 bits per heavy atom. The standard InChI is InChI=1S/C14H14F2N2O2S/c1-2-18(11-6-3-5-10(15)9-11)21(19,20)14-12(16)7-4-8-13(14)17/h3-9H,2,17H2,1H3. The second kappa shape index (κ2) is 5.69. The van der Waals surface area contributed by atoms with Crippen molar-refractivity contribution in [2.24, 2.45) is 0 Å². The van der Waals surface area contributed by atoms with Crippen LogP contribution >= 0.6 is 0 Å². The van der Waals surface area contributed by atoms with E-state index >= 15 is 0 Å². The molecule has 0 aliphatic carbocycles. The van der Waals surface area contributed by atoms with Crippen LogP contribution in [0.3, 0.4) is 0 Å². The molecule has 0 aromatic heterocycles. The predicted molar refractivity (Wildman–Crippen MR) is 77.4 cm³/mol. The van der Waals surface area contributed by atoms with Crippen molar-refractivity contribution >= 4 is 21.4 Å². The molecule has 2 N–H and O–H groups in total. The smallest absolute Gasteiger partial charge is 0.269 e. The number of halogens is 2. The van der Waals surface area contributed by atoms with Gasteiger partial charge in [0.15, 0.2) is 0 Å². The fraction of sp³-hybridized carbons (Fsp3) is 0.143. The van der Waals surface area contributed by atoms with Crippen molar-refractivity contribution in [2.75, 3.05) is 16.6 Å². The molecule has 2 aromatic rings. The summed E-state index contributed by atoms with van der Waals surface area (Å²) in [5.41, 5.74) is 5.51. The molecule has 0 spiro atoms. The number of hydrogen-bond acceptors (Lipinski definition) is 3. The highest BCUT2D eigenvalue weighted by Crippen LogP contribution is 2.29. The monoisotopic (exact) mass is 312 g/mol. The van der Waals surface area contributed by atoms with Crippen LogP contribution in [-0.2, 0) is 10.0 Å². The van der Waals surface area contributed by atoms with Crippen molar-refractivity contribution in [1.29, 1.82) is 0 Å². The lowest BCUT2D eigenvalue weighted by atomic mass is 10.3. The second-order valence-corrected chi connectivity index (χ2v) is 6.11. The highest BCUT2D eigenvalue weighted by Gasteiger charge is 2.29. The molecule has 0 radical (unpaired) electrons. The van der Waals surface area contributed by atoms with Crippen LogP contribution < -0.4 is 10.0 Å². The van der Waals surface area contributed by atoms with Crippen LogP contribution in [0, 0.1) is 11.6 Å². The van der Waals surface area contributed by atoms with Gasteiger partial charge in [0.2, 0.25) is 0 Å². The Morgan fingerprint density at radius 1 is 1.14 bits per heavy atom. The van der Waals surface area contributed by atoms with Crippen molar-refractivity contribution in [3.8, 4) is 0 Å². The maximum atomic E-state index is 13.9. The van der Waals surface area contributed by atoms with Crippen LogP contribution in [0.5, 0.6) is 0 Å². The number of hydrogen-bond donors (Lipinski definition) is 1. The Hall–Kier alpha value is -2.15. The van der Waals surface area contributed by atoms with Gasteiger partial charge in [0.05, 0.1) is 11.4 Å². The average molecular weight is 312 g/mol. The lowest BCUT2D eigenvalue weighted by molar-refractivity contribution is 0.565. The van der Waals surface area contributed by atoms with Crippen LogP contribution in [0.4, 0.5) is 20.2 Å². The van der Waals surface area contributed by atoms with Gasteiger partial charge in [-0.05, 0) is 37.3 Å². The van der Waals surface area contributed by atoms with E-state index < -0.39 is 26.6 Å².